The number of para-hydroxylation sites is 1. The van der Waals surface area contributed by atoms with Gasteiger partial charge >= 0.3 is 0 Å². The summed E-state index contributed by atoms with van der Waals surface area (Å²) in [5, 5.41) is 17.7. The van der Waals surface area contributed by atoms with Gasteiger partial charge in [0.1, 0.15) is 0 Å². The Balaban J connectivity index is 1.44. The Morgan fingerprint density at radius 1 is 1.04 bits per heavy atom. The summed E-state index contributed by atoms with van der Waals surface area (Å²) >= 11 is 3.35. The van der Waals surface area contributed by atoms with Gasteiger partial charge in [0, 0.05) is 23.1 Å². The number of anilines is 1. The van der Waals surface area contributed by atoms with Crippen molar-refractivity contribution >= 4 is 27.8 Å². The molecular formula is C17H17BrN6O. The minimum atomic E-state index is -0.0818. The molecule has 1 aromatic heterocycles. The molecule has 2 N–H and O–H groups in total. The minimum absolute atomic E-state index is 0.0818. The maximum atomic E-state index is 12.0. The first-order valence-electron chi connectivity index (χ1n) is 7.85. The van der Waals surface area contributed by atoms with Crippen LogP contribution in [-0.4, -0.2) is 39.2 Å². The summed E-state index contributed by atoms with van der Waals surface area (Å²) in [4.78, 5) is 12.0. The monoisotopic (exact) mass is 400 g/mol. The quantitative estimate of drug-likeness (QED) is 0.595. The second-order valence-electron chi connectivity index (χ2n) is 5.29. The van der Waals surface area contributed by atoms with Crippen LogP contribution >= 0.6 is 15.9 Å². The highest BCUT2D eigenvalue weighted by molar-refractivity contribution is 9.10. The molecule has 8 heteroatoms. The molecule has 25 heavy (non-hydrogen) atoms. The van der Waals surface area contributed by atoms with E-state index in [1.165, 1.54) is 0 Å². The number of halogens is 1. The molecule has 0 unspecified atom stereocenters. The number of aromatic nitrogens is 4. The third kappa shape index (κ3) is 4.63. The van der Waals surface area contributed by atoms with Crippen LogP contribution in [0, 0.1) is 0 Å². The standard InChI is InChI=1S/C17H17BrN6O/c18-14-9-7-13(8-10-14)16(25)19-11-4-12-20-17-21-22-23-24(17)15-5-2-1-3-6-15/h1-3,5-10H,4,11-12H2,(H,19,25)(H,20,21,23). The van der Waals surface area contributed by atoms with Crippen molar-refractivity contribution in [1.82, 2.24) is 25.5 Å². The summed E-state index contributed by atoms with van der Waals surface area (Å²) in [5.74, 6) is 0.493. The second-order valence-corrected chi connectivity index (χ2v) is 6.21. The molecule has 1 heterocycles. The molecule has 0 radical (unpaired) electrons. The van der Waals surface area contributed by atoms with Crippen molar-refractivity contribution in [1.29, 1.82) is 0 Å². The minimum Gasteiger partial charge on any atom is -0.353 e. The van der Waals surface area contributed by atoms with E-state index in [1.54, 1.807) is 16.8 Å². The van der Waals surface area contributed by atoms with Gasteiger partial charge in [-0.3, -0.25) is 4.79 Å². The summed E-state index contributed by atoms with van der Waals surface area (Å²) in [7, 11) is 0. The Morgan fingerprint density at radius 2 is 1.80 bits per heavy atom. The summed E-state index contributed by atoms with van der Waals surface area (Å²) in [6.07, 6.45) is 0.754. The van der Waals surface area contributed by atoms with Crippen molar-refractivity contribution in [2.24, 2.45) is 0 Å². The van der Waals surface area contributed by atoms with E-state index in [4.69, 9.17) is 0 Å². The lowest BCUT2D eigenvalue weighted by molar-refractivity contribution is 0.0953. The van der Waals surface area contributed by atoms with Gasteiger partial charge in [0.2, 0.25) is 5.95 Å². The first-order valence-corrected chi connectivity index (χ1v) is 8.65. The summed E-state index contributed by atoms with van der Waals surface area (Å²) < 4.78 is 2.59. The van der Waals surface area contributed by atoms with Gasteiger partial charge in [-0.1, -0.05) is 39.2 Å². The number of amides is 1. The fourth-order valence-electron chi connectivity index (χ4n) is 2.23. The lowest BCUT2D eigenvalue weighted by Crippen LogP contribution is -2.26. The zero-order chi connectivity index (χ0) is 17.5. The third-order valence-electron chi connectivity index (χ3n) is 3.50. The Hall–Kier alpha value is -2.74. The zero-order valence-corrected chi connectivity index (χ0v) is 15.0. The third-order valence-corrected chi connectivity index (χ3v) is 4.03. The molecule has 1 amide bonds. The highest BCUT2D eigenvalue weighted by atomic mass is 79.9. The molecule has 0 saturated carbocycles. The largest absolute Gasteiger partial charge is 0.353 e. The first kappa shape index (κ1) is 17.1. The number of carbonyl (C=O) groups is 1. The molecule has 0 aliphatic heterocycles. The summed E-state index contributed by atoms with van der Waals surface area (Å²) in [5.41, 5.74) is 1.53. The van der Waals surface area contributed by atoms with Gasteiger partial charge in [0.25, 0.3) is 5.91 Å². The predicted molar refractivity (Wildman–Crippen MR) is 98.7 cm³/mol. The van der Waals surface area contributed by atoms with E-state index in [2.05, 4.69) is 42.1 Å². The van der Waals surface area contributed by atoms with E-state index in [0.717, 1.165) is 16.6 Å². The normalized spacial score (nSPS) is 10.4. The van der Waals surface area contributed by atoms with Crippen molar-refractivity contribution in [3.8, 4) is 5.69 Å². The molecule has 0 spiro atoms. The summed E-state index contributed by atoms with van der Waals surface area (Å²) in [6.45, 7) is 1.21. The number of hydrogen-bond donors (Lipinski definition) is 2. The average molecular weight is 401 g/mol. The molecule has 3 aromatic rings. The number of carbonyl (C=O) groups excluding carboxylic acids is 1. The number of tetrazole rings is 1. The Bertz CT molecular complexity index is 819. The van der Waals surface area contributed by atoms with Crippen molar-refractivity contribution < 1.29 is 4.79 Å². The number of benzene rings is 2. The summed E-state index contributed by atoms with van der Waals surface area (Å²) in [6, 6.07) is 16.9. The average Bonchev–Trinajstić information content (AvgIpc) is 3.11. The molecule has 0 fully saturated rings. The molecule has 2 aromatic carbocycles. The van der Waals surface area contributed by atoms with E-state index in [-0.39, 0.29) is 5.91 Å². The van der Waals surface area contributed by atoms with Gasteiger partial charge in [-0.15, -0.1) is 0 Å². The van der Waals surface area contributed by atoms with Crippen molar-refractivity contribution in [2.45, 2.75) is 6.42 Å². The van der Waals surface area contributed by atoms with Crippen LogP contribution in [0.2, 0.25) is 0 Å². The first-order chi connectivity index (χ1) is 12.2. The van der Waals surface area contributed by atoms with Gasteiger partial charge in [-0.2, -0.15) is 4.68 Å². The Kier molecular flexibility index (Phi) is 5.73. The van der Waals surface area contributed by atoms with Crippen LogP contribution in [0.1, 0.15) is 16.8 Å². The number of rotatable bonds is 7. The van der Waals surface area contributed by atoms with Crippen LogP contribution < -0.4 is 10.6 Å². The van der Waals surface area contributed by atoms with E-state index < -0.39 is 0 Å². The molecule has 128 valence electrons. The maximum absolute atomic E-state index is 12.0. The van der Waals surface area contributed by atoms with Gasteiger partial charge in [0.05, 0.1) is 5.69 Å². The maximum Gasteiger partial charge on any atom is 0.251 e. The van der Waals surface area contributed by atoms with Crippen molar-refractivity contribution in [3.05, 3.63) is 64.6 Å². The smallest absolute Gasteiger partial charge is 0.251 e. The molecule has 0 aliphatic carbocycles. The SMILES string of the molecule is O=C(NCCCNc1nnnn1-c1ccccc1)c1ccc(Br)cc1. The van der Waals surface area contributed by atoms with Crippen LogP contribution in [0.15, 0.2) is 59.1 Å². The second kappa shape index (κ2) is 8.39. The van der Waals surface area contributed by atoms with Crippen LogP contribution in [-0.2, 0) is 0 Å². The van der Waals surface area contributed by atoms with Gasteiger partial charge in [-0.05, 0) is 53.2 Å². The number of hydrogen-bond acceptors (Lipinski definition) is 5. The van der Waals surface area contributed by atoms with Gasteiger partial charge in [0.15, 0.2) is 0 Å². The topological polar surface area (TPSA) is 84.7 Å². The lowest BCUT2D eigenvalue weighted by atomic mass is 10.2. The molecule has 0 atom stereocenters. The van der Waals surface area contributed by atoms with Crippen molar-refractivity contribution in [2.75, 3.05) is 18.4 Å². The molecular weight excluding hydrogens is 384 g/mol. The van der Waals surface area contributed by atoms with E-state index in [9.17, 15) is 4.79 Å². The van der Waals surface area contributed by atoms with Crippen LogP contribution in [0.5, 0.6) is 0 Å². The molecule has 0 saturated heterocycles. The van der Waals surface area contributed by atoms with Crippen molar-refractivity contribution in [3.63, 3.8) is 0 Å². The van der Waals surface area contributed by atoms with Crippen LogP contribution in [0.3, 0.4) is 0 Å². The number of nitrogens with zero attached hydrogens (tertiary/aromatic N) is 4. The van der Waals surface area contributed by atoms with Crippen LogP contribution in [0.4, 0.5) is 5.95 Å². The highest BCUT2D eigenvalue weighted by Gasteiger charge is 2.07. The van der Waals surface area contributed by atoms with Gasteiger partial charge in [-0.25, -0.2) is 0 Å². The number of nitrogens with one attached hydrogen (secondary N) is 2. The van der Waals surface area contributed by atoms with Gasteiger partial charge < -0.3 is 10.6 Å². The fraction of sp³-hybridized carbons (Fsp3) is 0.176. The molecule has 3 rings (SSSR count). The Labute approximate surface area is 153 Å². The van der Waals surface area contributed by atoms with E-state index in [1.807, 2.05) is 42.5 Å². The molecule has 7 nitrogen and oxygen atoms in total. The zero-order valence-electron chi connectivity index (χ0n) is 13.4. The lowest BCUT2D eigenvalue weighted by Gasteiger charge is -2.08. The molecule has 0 bridgehead atoms. The highest BCUT2D eigenvalue weighted by Crippen LogP contribution is 2.11. The predicted octanol–water partition coefficient (Wildman–Crippen LogP) is 2.66. The van der Waals surface area contributed by atoms with E-state index in [0.29, 0.717) is 24.6 Å². The van der Waals surface area contributed by atoms with Crippen LogP contribution in [0.25, 0.3) is 5.69 Å². The fourth-order valence-corrected chi connectivity index (χ4v) is 2.50. The van der Waals surface area contributed by atoms with E-state index >= 15 is 0 Å². The Morgan fingerprint density at radius 3 is 2.56 bits per heavy atom. The molecule has 0 aliphatic rings.